The van der Waals surface area contributed by atoms with Crippen LogP contribution in [-0.4, -0.2) is 38.7 Å². The minimum Gasteiger partial charge on any atom is -0.482 e. The topological polar surface area (TPSA) is 67.9 Å². The van der Waals surface area contributed by atoms with Gasteiger partial charge in [0.2, 0.25) is 0 Å². The summed E-state index contributed by atoms with van der Waals surface area (Å²) in [5, 5.41) is 2.80. The molecule has 0 bridgehead atoms. The first kappa shape index (κ1) is 17.9. The fourth-order valence-corrected chi connectivity index (χ4v) is 2.85. The number of carbonyl (C=O) groups is 2. The molecule has 0 aromatic heterocycles. The van der Waals surface area contributed by atoms with Gasteiger partial charge in [0.05, 0.1) is 18.8 Å². The molecular weight excluding hydrogens is 332 g/mol. The Morgan fingerprint density at radius 1 is 1.27 bits per heavy atom. The number of methoxy groups -OCH3 is 1. The smallest absolute Gasteiger partial charge is 0.265 e. The van der Waals surface area contributed by atoms with Crippen LogP contribution in [0.25, 0.3) is 0 Å². The Bertz CT molecular complexity index is 819. The summed E-state index contributed by atoms with van der Waals surface area (Å²) in [6.07, 6.45) is 0. The van der Waals surface area contributed by atoms with Gasteiger partial charge in [0.15, 0.2) is 6.61 Å². The molecule has 2 aromatic rings. The van der Waals surface area contributed by atoms with Crippen molar-refractivity contribution in [2.45, 2.75) is 13.5 Å². The van der Waals surface area contributed by atoms with Gasteiger partial charge in [-0.25, -0.2) is 0 Å². The molecule has 6 heteroatoms. The number of nitrogens with one attached hydrogen (secondary N) is 1. The van der Waals surface area contributed by atoms with E-state index in [1.807, 2.05) is 37.3 Å². The van der Waals surface area contributed by atoms with E-state index in [0.29, 0.717) is 31.0 Å². The maximum absolute atomic E-state index is 12.3. The lowest BCUT2D eigenvalue weighted by molar-refractivity contribution is -0.121. The highest BCUT2D eigenvalue weighted by molar-refractivity contribution is 5.98. The van der Waals surface area contributed by atoms with E-state index in [1.54, 1.807) is 24.1 Å². The van der Waals surface area contributed by atoms with Crippen molar-refractivity contribution in [1.82, 2.24) is 5.32 Å². The lowest BCUT2D eigenvalue weighted by atomic mass is 10.1. The number of hydrogen-bond acceptors (Lipinski definition) is 4. The van der Waals surface area contributed by atoms with Crippen LogP contribution in [0.5, 0.6) is 5.75 Å². The summed E-state index contributed by atoms with van der Waals surface area (Å²) in [7, 11) is 1.59. The highest BCUT2D eigenvalue weighted by Crippen LogP contribution is 2.33. The van der Waals surface area contributed by atoms with Crippen molar-refractivity contribution in [3.63, 3.8) is 0 Å². The van der Waals surface area contributed by atoms with Crippen LogP contribution in [0.15, 0.2) is 42.5 Å². The molecule has 0 saturated carbocycles. The van der Waals surface area contributed by atoms with Crippen LogP contribution in [0.4, 0.5) is 5.69 Å². The Labute approximate surface area is 152 Å². The van der Waals surface area contributed by atoms with E-state index >= 15 is 0 Å². The molecule has 0 fully saturated rings. The first-order valence-corrected chi connectivity index (χ1v) is 8.48. The molecule has 0 radical (unpaired) electrons. The largest absolute Gasteiger partial charge is 0.482 e. The van der Waals surface area contributed by atoms with E-state index in [4.69, 9.17) is 9.47 Å². The minimum absolute atomic E-state index is 0.0215. The van der Waals surface area contributed by atoms with E-state index < -0.39 is 0 Å². The summed E-state index contributed by atoms with van der Waals surface area (Å²) in [6.45, 7) is 3.30. The number of anilines is 1. The second-order valence-electron chi connectivity index (χ2n) is 6.19. The number of hydrogen-bond donors (Lipinski definition) is 1. The van der Waals surface area contributed by atoms with Crippen molar-refractivity contribution in [2.75, 3.05) is 31.8 Å². The summed E-state index contributed by atoms with van der Waals surface area (Å²) < 4.78 is 10.5. The second kappa shape index (κ2) is 8.01. The van der Waals surface area contributed by atoms with Gasteiger partial charge in [0.1, 0.15) is 5.75 Å². The molecule has 1 heterocycles. The van der Waals surface area contributed by atoms with Gasteiger partial charge < -0.3 is 19.7 Å². The molecule has 1 aliphatic rings. The van der Waals surface area contributed by atoms with Crippen LogP contribution >= 0.6 is 0 Å². The molecular formula is C20H22N2O4. The van der Waals surface area contributed by atoms with E-state index in [9.17, 15) is 9.59 Å². The first-order chi connectivity index (χ1) is 12.6. The van der Waals surface area contributed by atoms with Gasteiger partial charge in [-0.1, -0.05) is 18.2 Å². The zero-order valence-corrected chi connectivity index (χ0v) is 15.0. The molecule has 1 N–H and O–H groups in total. The average molecular weight is 354 g/mol. The molecule has 0 atom stereocenters. The lowest BCUT2D eigenvalue weighted by Gasteiger charge is -2.29. The summed E-state index contributed by atoms with van der Waals surface area (Å²) in [4.78, 5) is 26.2. The maximum atomic E-state index is 12.3. The van der Waals surface area contributed by atoms with Gasteiger partial charge >= 0.3 is 0 Å². The first-order valence-electron chi connectivity index (χ1n) is 8.48. The molecule has 0 spiro atoms. The Morgan fingerprint density at radius 3 is 2.92 bits per heavy atom. The summed E-state index contributed by atoms with van der Waals surface area (Å²) in [5.41, 5.74) is 3.27. The van der Waals surface area contributed by atoms with Crippen LogP contribution in [0.1, 0.15) is 21.5 Å². The van der Waals surface area contributed by atoms with Gasteiger partial charge in [-0.15, -0.1) is 0 Å². The van der Waals surface area contributed by atoms with E-state index in [0.717, 1.165) is 16.8 Å². The number of benzene rings is 2. The van der Waals surface area contributed by atoms with Gasteiger partial charge in [-0.3, -0.25) is 9.59 Å². The third-order valence-electron chi connectivity index (χ3n) is 4.18. The van der Waals surface area contributed by atoms with Crippen molar-refractivity contribution in [3.8, 4) is 5.75 Å². The zero-order chi connectivity index (χ0) is 18.5. The van der Waals surface area contributed by atoms with Gasteiger partial charge in [-0.05, 0) is 42.3 Å². The summed E-state index contributed by atoms with van der Waals surface area (Å²) >= 11 is 0. The number of nitrogens with zero attached hydrogens (tertiary/aromatic N) is 1. The molecule has 6 nitrogen and oxygen atoms in total. The molecule has 2 amide bonds. The number of ether oxygens (including phenoxy) is 2. The monoisotopic (exact) mass is 354 g/mol. The maximum Gasteiger partial charge on any atom is 0.265 e. The van der Waals surface area contributed by atoms with Crippen molar-refractivity contribution in [2.24, 2.45) is 0 Å². The van der Waals surface area contributed by atoms with Crippen molar-refractivity contribution < 1.29 is 19.1 Å². The van der Waals surface area contributed by atoms with Crippen LogP contribution in [0.2, 0.25) is 0 Å². The Kier molecular flexibility index (Phi) is 5.53. The molecule has 3 rings (SSSR count). The fourth-order valence-electron chi connectivity index (χ4n) is 2.85. The van der Waals surface area contributed by atoms with Crippen LogP contribution < -0.4 is 15.0 Å². The van der Waals surface area contributed by atoms with Crippen molar-refractivity contribution >= 4 is 17.5 Å². The Morgan fingerprint density at radius 2 is 2.12 bits per heavy atom. The van der Waals surface area contributed by atoms with Crippen molar-refractivity contribution in [3.05, 3.63) is 59.2 Å². The van der Waals surface area contributed by atoms with E-state index in [-0.39, 0.29) is 18.4 Å². The van der Waals surface area contributed by atoms with E-state index in [2.05, 4.69) is 5.32 Å². The van der Waals surface area contributed by atoms with Gasteiger partial charge in [0.25, 0.3) is 11.8 Å². The van der Waals surface area contributed by atoms with Crippen LogP contribution in [-0.2, 0) is 16.1 Å². The molecule has 26 heavy (non-hydrogen) atoms. The Hall–Kier alpha value is -2.86. The predicted molar refractivity (Wildman–Crippen MR) is 98.5 cm³/mol. The highest BCUT2D eigenvalue weighted by atomic mass is 16.5. The average Bonchev–Trinajstić information content (AvgIpc) is 2.64. The quantitative estimate of drug-likeness (QED) is 0.809. The summed E-state index contributed by atoms with van der Waals surface area (Å²) in [5.74, 6) is 0.447. The number of fused-ring (bicyclic) bond motifs is 1. The molecule has 1 aliphatic heterocycles. The Balaban J connectivity index is 1.78. The molecule has 0 aliphatic carbocycles. The fraction of sp³-hybridized carbons (Fsp3) is 0.300. The number of aryl methyl sites for hydroxylation is 1. The zero-order valence-electron chi connectivity index (χ0n) is 15.0. The summed E-state index contributed by atoms with van der Waals surface area (Å²) in [6, 6.07) is 13.1. The molecule has 0 saturated heterocycles. The highest BCUT2D eigenvalue weighted by Gasteiger charge is 2.25. The lowest BCUT2D eigenvalue weighted by Crippen LogP contribution is -2.38. The number of carbonyl (C=O) groups excluding carboxylic acids is 2. The molecule has 0 unspecified atom stereocenters. The molecule has 2 aromatic carbocycles. The minimum atomic E-state index is -0.159. The third-order valence-corrected chi connectivity index (χ3v) is 4.18. The van der Waals surface area contributed by atoms with E-state index in [1.165, 1.54) is 0 Å². The van der Waals surface area contributed by atoms with Gasteiger partial charge in [0, 0.05) is 19.2 Å². The molecule has 136 valence electrons. The van der Waals surface area contributed by atoms with Gasteiger partial charge in [-0.2, -0.15) is 0 Å². The standard InChI is InChI=1S/C20H22N2O4/c1-14-6-7-17-18(10-14)26-13-19(23)22(17)12-15-4-3-5-16(11-15)20(24)21-8-9-25-2/h3-7,10-11H,8-9,12-13H2,1-2H3,(H,21,24). The van der Waals surface area contributed by atoms with Crippen LogP contribution in [0.3, 0.4) is 0 Å². The van der Waals surface area contributed by atoms with Crippen molar-refractivity contribution in [1.29, 1.82) is 0 Å². The normalized spacial score (nSPS) is 13.2. The second-order valence-corrected chi connectivity index (χ2v) is 6.19. The third kappa shape index (κ3) is 4.03. The SMILES string of the molecule is COCCNC(=O)c1cccc(CN2C(=O)COc3cc(C)ccc32)c1. The van der Waals surface area contributed by atoms with Crippen LogP contribution in [0, 0.1) is 6.92 Å². The number of rotatable bonds is 6. The predicted octanol–water partition coefficient (Wildman–Crippen LogP) is 2.30. The number of amides is 2.